The van der Waals surface area contributed by atoms with E-state index in [-0.39, 0.29) is 12.5 Å². The van der Waals surface area contributed by atoms with E-state index in [0.29, 0.717) is 12.0 Å². The van der Waals surface area contributed by atoms with Crippen molar-refractivity contribution in [3.8, 4) is 0 Å². The summed E-state index contributed by atoms with van der Waals surface area (Å²) in [5.41, 5.74) is 2.36. The highest BCUT2D eigenvalue weighted by Crippen LogP contribution is 2.29. The van der Waals surface area contributed by atoms with Gasteiger partial charge >= 0.3 is 5.97 Å². The summed E-state index contributed by atoms with van der Waals surface area (Å²) in [6, 6.07) is 5.33. The van der Waals surface area contributed by atoms with Crippen LogP contribution in [0.25, 0.3) is 0 Å². The topological polar surface area (TPSA) is 57.5 Å². The largest absolute Gasteiger partial charge is 0.478 e. The molecule has 0 saturated heterocycles. The summed E-state index contributed by atoms with van der Waals surface area (Å²) in [5, 5.41) is 18.0. The molecule has 14 heavy (non-hydrogen) atoms. The molecule has 0 bridgehead atoms. The first-order valence-electron chi connectivity index (χ1n) is 4.67. The van der Waals surface area contributed by atoms with Gasteiger partial charge in [-0.25, -0.2) is 4.79 Å². The van der Waals surface area contributed by atoms with Gasteiger partial charge in [0.15, 0.2) is 0 Å². The minimum Gasteiger partial charge on any atom is -0.478 e. The molecule has 0 saturated carbocycles. The highest BCUT2D eigenvalue weighted by Gasteiger charge is 2.24. The van der Waals surface area contributed by atoms with Gasteiger partial charge < -0.3 is 10.2 Å². The van der Waals surface area contributed by atoms with E-state index in [1.165, 1.54) is 0 Å². The van der Waals surface area contributed by atoms with Gasteiger partial charge in [-0.1, -0.05) is 12.1 Å². The van der Waals surface area contributed by atoms with E-state index >= 15 is 0 Å². The van der Waals surface area contributed by atoms with Crippen LogP contribution in [0.3, 0.4) is 0 Å². The Kier molecular flexibility index (Phi) is 2.25. The van der Waals surface area contributed by atoms with Crippen LogP contribution in [0.15, 0.2) is 18.2 Å². The fraction of sp³-hybridized carbons (Fsp3) is 0.364. The number of benzene rings is 1. The zero-order chi connectivity index (χ0) is 10.1. The summed E-state index contributed by atoms with van der Waals surface area (Å²) >= 11 is 0. The van der Waals surface area contributed by atoms with Crippen LogP contribution in [0.2, 0.25) is 0 Å². The molecule has 1 aromatic carbocycles. The smallest absolute Gasteiger partial charge is 0.335 e. The zero-order valence-corrected chi connectivity index (χ0v) is 7.73. The van der Waals surface area contributed by atoms with Crippen LogP contribution in [0.4, 0.5) is 0 Å². The number of aliphatic hydroxyl groups excluding tert-OH is 1. The van der Waals surface area contributed by atoms with Gasteiger partial charge in [-0.05, 0) is 36.0 Å². The molecule has 1 unspecified atom stereocenters. The molecule has 0 aromatic heterocycles. The third-order valence-corrected chi connectivity index (χ3v) is 2.76. The highest BCUT2D eigenvalue weighted by atomic mass is 16.4. The quantitative estimate of drug-likeness (QED) is 0.737. The minimum atomic E-state index is -0.875. The molecule has 1 aromatic rings. The molecule has 3 nitrogen and oxygen atoms in total. The van der Waals surface area contributed by atoms with Crippen molar-refractivity contribution in [1.82, 2.24) is 0 Å². The van der Waals surface area contributed by atoms with Crippen LogP contribution < -0.4 is 0 Å². The van der Waals surface area contributed by atoms with Gasteiger partial charge in [-0.15, -0.1) is 0 Å². The van der Waals surface area contributed by atoms with Crippen molar-refractivity contribution in [3.05, 3.63) is 34.9 Å². The van der Waals surface area contributed by atoms with Gasteiger partial charge in [-0.2, -0.15) is 0 Å². The van der Waals surface area contributed by atoms with Gasteiger partial charge in [0.25, 0.3) is 0 Å². The summed E-state index contributed by atoms with van der Waals surface area (Å²) in [5.74, 6) is -0.675. The van der Waals surface area contributed by atoms with E-state index < -0.39 is 5.97 Å². The van der Waals surface area contributed by atoms with Crippen LogP contribution in [-0.4, -0.2) is 22.8 Å². The third kappa shape index (κ3) is 1.40. The average molecular weight is 192 g/mol. The molecule has 2 rings (SSSR count). The van der Waals surface area contributed by atoms with Crippen molar-refractivity contribution in [2.45, 2.75) is 12.8 Å². The molecule has 2 N–H and O–H groups in total. The van der Waals surface area contributed by atoms with Gasteiger partial charge in [0.2, 0.25) is 0 Å². The number of carboxylic acids is 1. The maximum atomic E-state index is 10.9. The van der Waals surface area contributed by atoms with Crippen molar-refractivity contribution in [2.75, 3.05) is 6.61 Å². The van der Waals surface area contributed by atoms with Crippen LogP contribution in [0, 0.1) is 5.92 Å². The van der Waals surface area contributed by atoms with Crippen molar-refractivity contribution in [1.29, 1.82) is 0 Å². The first-order valence-corrected chi connectivity index (χ1v) is 4.67. The number of fused-ring (bicyclic) bond motifs is 1. The molecule has 3 heteroatoms. The summed E-state index contributed by atoms with van der Waals surface area (Å²) in [7, 11) is 0. The van der Waals surface area contributed by atoms with Crippen LogP contribution in [0.1, 0.15) is 21.5 Å². The number of aliphatic hydroxyl groups is 1. The van der Waals surface area contributed by atoms with E-state index in [4.69, 9.17) is 10.2 Å². The lowest BCUT2D eigenvalue weighted by Gasteiger charge is -2.03. The molecule has 74 valence electrons. The maximum absolute atomic E-state index is 10.9. The Labute approximate surface area is 82.0 Å². The summed E-state index contributed by atoms with van der Waals surface area (Å²) in [4.78, 5) is 10.9. The predicted octanol–water partition coefficient (Wildman–Crippen LogP) is 1.09. The number of rotatable bonds is 2. The SMILES string of the molecule is O=C(O)c1cccc2c1CC(CO)C2. The fourth-order valence-electron chi connectivity index (χ4n) is 2.07. The molecule has 0 aliphatic heterocycles. The Hall–Kier alpha value is -1.35. The second-order valence-corrected chi connectivity index (χ2v) is 3.71. The van der Waals surface area contributed by atoms with Gasteiger partial charge in [0.1, 0.15) is 0 Å². The molecule has 1 aliphatic rings. The fourth-order valence-corrected chi connectivity index (χ4v) is 2.07. The number of hydrogen-bond donors (Lipinski definition) is 2. The lowest BCUT2D eigenvalue weighted by molar-refractivity contribution is 0.0695. The van der Waals surface area contributed by atoms with Crippen molar-refractivity contribution < 1.29 is 15.0 Å². The Morgan fingerprint density at radius 2 is 2.21 bits per heavy atom. The van der Waals surface area contributed by atoms with E-state index in [1.807, 2.05) is 6.07 Å². The molecular formula is C11H12O3. The van der Waals surface area contributed by atoms with E-state index in [0.717, 1.165) is 17.5 Å². The molecule has 0 heterocycles. The van der Waals surface area contributed by atoms with E-state index in [1.54, 1.807) is 12.1 Å². The van der Waals surface area contributed by atoms with Crippen molar-refractivity contribution >= 4 is 5.97 Å². The molecule has 0 fully saturated rings. The molecule has 1 aliphatic carbocycles. The summed E-state index contributed by atoms with van der Waals surface area (Å²) in [6.07, 6.45) is 1.49. The van der Waals surface area contributed by atoms with Crippen molar-refractivity contribution in [3.63, 3.8) is 0 Å². The van der Waals surface area contributed by atoms with E-state index in [9.17, 15) is 4.79 Å². The molecule has 1 atom stereocenters. The lowest BCUT2D eigenvalue weighted by atomic mass is 10.0. The van der Waals surface area contributed by atoms with Crippen LogP contribution in [-0.2, 0) is 12.8 Å². The van der Waals surface area contributed by atoms with E-state index in [2.05, 4.69) is 0 Å². The molecule has 0 amide bonds. The highest BCUT2D eigenvalue weighted by molar-refractivity contribution is 5.90. The number of hydrogen-bond acceptors (Lipinski definition) is 2. The van der Waals surface area contributed by atoms with Crippen molar-refractivity contribution in [2.24, 2.45) is 5.92 Å². The summed E-state index contributed by atoms with van der Waals surface area (Å²) in [6.45, 7) is 0.133. The Morgan fingerprint density at radius 1 is 1.43 bits per heavy atom. The first-order chi connectivity index (χ1) is 6.72. The van der Waals surface area contributed by atoms with Crippen LogP contribution >= 0.6 is 0 Å². The average Bonchev–Trinajstić information content (AvgIpc) is 2.59. The first kappa shape index (κ1) is 9.21. The lowest BCUT2D eigenvalue weighted by Crippen LogP contribution is -2.06. The second-order valence-electron chi connectivity index (χ2n) is 3.71. The normalized spacial score (nSPS) is 19.4. The maximum Gasteiger partial charge on any atom is 0.335 e. The zero-order valence-electron chi connectivity index (χ0n) is 7.73. The Balaban J connectivity index is 2.41. The third-order valence-electron chi connectivity index (χ3n) is 2.76. The second kappa shape index (κ2) is 3.42. The standard InChI is InChI=1S/C11H12O3/c12-6-7-4-8-2-1-3-9(11(13)14)10(8)5-7/h1-3,7,12H,4-6H2,(H,13,14). The Morgan fingerprint density at radius 3 is 2.86 bits per heavy atom. The minimum absolute atomic E-state index is 0.133. The molecular weight excluding hydrogens is 180 g/mol. The van der Waals surface area contributed by atoms with Gasteiger partial charge in [-0.3, -0.25) is 0 Å². The molecule has 0 spiro atoms. The van der Waals surface area contributed by atoms with Crippen LogP contribution in [0.5, 0.6) is 0 Å². The van der Waals surface area contributed by atoms with Gasteiger partial charge in [0, 0.05) is 6.61 Å². The summed E-state index contributed by atoms with van der Waals surface area (Å²) < 4.78 is 0. The monoisotopic (exact) mass is 192 g/mol. The van der Waals surface area contributed by atoms with Gasteiger partial charge in [0.05, 0.1) is 5.56 Å². The molecule has 0 radical (unpaired) electrons. The number of carboxylic acid groups (broad SMARTS) is 1. The number of aromatic carboxylic acids is 1. The number of carbonyl (C=O) groups is 1. The predicted molar refractivity (Wildman–Crippen MR) is 51.4 cm³/mol. The Bertz CT molecular complexity index is 371.